The number of ether oxygens (including phenoxy) is 1. The van der Waals surface area contributed by atoms with Gasteiger partial charge >= 0.3 is 0 Å². The van der Waals surface area contributed by atoms with Crippen LogP contribution in [0.5, 0.6) is 0 Å². The Morgan fingerprint density at radius 2 is 1.57 bits per heavy atom. The van der Waals surface area contributed by atoms with Gasteiger partial charge in [-0.05, 0) is 5.56 Å². The molecule has 0 aliphatic carbocycles. The Labute approximate surface area is 124 Å². The van der Waals surface area contributed by atoms with Gasteiger partial charge in [-0.1, -0.05) is 60.7 Å². The molecule has 0 N–H and O–H groups in total. The van der Waals surface area contributed by atoms with Crippen molar-refractivity contribution >= 4 is 11.7 Å². The van der Waals surface area contributed by atoms with Crippen LogP contribution in [-0.4, -0.2) is 30.9 Å². The normalized spacial score (nSPS) is 18.0. The predicted octanol–water partition coefficient (Wildman–Crippen LogP) is 3.08. The molecular formula is C17H17N3O. The minimum absolute atomic E-state index is 0.206. The van der Waals surface area contributed by atoms with Crippen molar-refractivity contribution in [3.8, 4) is 0 Å². The highest BCUT2D eigenvalue weighted by molar-refractivity contribution is 6.02. The Bertz CT molecular complexity index is 665. The zero-order chi connectivity index (χ0) is 14.7. The van der Waals surface area contributed by atoms with Crippen LogP contribution < -0.4 is 0 Å². The molecule has 2 aromatic carbocycles. The molecule has 0 saturated carbocycles. The number of amidine groups is 1. The van der Waals surface area contributed by atoms with Crippen molar-refractivity contribution < 1.29 is 4.74 Å². The minimum Gasteiger partial charge on any atom is -0.481 e. The van der Waals surface area contributed by atoms with E-state index < -0.39 is 0 Å². The molecule has 4 nitrogen and oxygen atoms in total. The van der Waals surface area contributed by atoms with E-state index in [9.17, 15) is 0 Å². The molecule has 0 radical (unpaired) electrons. The fourth-order valence-electron chi connectivity index (χ4n) is 2.36. The van der Waals surface area contributed by atoms with Crippen LogP contribution >= 0.6 is 0 Å². The van der Waals surface area contributed by atoms with E-state index in [0.717, 1.165) is 17.0 Å². The summed E-state index contributed by atoms with van der Waals surface area (Å²) in [5, 5.41) is 6.27. The molecule has 2 aromatic rings. The molecule has 0 amide bonds. The molecule has 0 aromatic heterocycles. The first-order valence-corrected chi connectivity index (χ1v) is 6.84. The number of aliphatic imine (C=N–C) groups is 1. The second-order valence-corrected chi connectivity index (χ2v) is 4.80. The van der Waals surface area contributed by atoms with Gasteiger partial charge in [0.1, 0.15) is 0 Å². The molecule has 0 fully saturated rings. The third kappa shape index (κ3) is 2.65. The molecule has 1 atom stereocenters. The van der Waals surface area contributed by atoms with Gasteiger partial charge in [-0.25, -0.2) is 10.0 Å². The van der Waals surface area contributed by atoms with Gasteiger partial charge in [0.15, 0.2) is 11.9 Å². The number of rotatable bonds is 2. The van der Waals surface area contributed by atoms with Crippen molar-refractivity contribution in [3.63, 3.8) is 0 Å². The highest BCUT2D eigenvalue weighted by Crippen LogP contribution is 2.25. The lowest BCUT2D eigenvalue weighted by atomic mass is 10.1. The molecule has 106 valence electrons. The van der Waals surface area contributed by atoms with Crippen molar-refractivity contribution in [2.45, 2.75) is 6.04 Å². The van der Waals surface area contributed by atoms with Gasteiger partial charge < -0.3 is 4.74 Å². The monoisotopic (exact) mass is 279 g/mol. The maximum Gasteiger partial charge on any atom is 0.236 e. The molecule has 0 saturated heterocycles. The number of hydrazone groups is 1. The van der Waals surface area contributed by atoms with Crippen LogP contribution in [0.25, 0.3) is 0 Å². The first-order chi connectivity index (χ1) is 10.3. The SMILES string of the molecule is COC1=NN(C)C(c2ccccc2)=NC1c1ccccc1. The average Bonchev–Trinajstić information content (AvgIpc) is 2.56. The van der Waals surface area contributed by atoms with Crippen molar-refractivity contribution in [2.75, 3.05) is 14.2 Å². The van der Waals surface area contributed by atoms with E-state index in [4.69, 9.17) is 9.73 Å². The minimum atomic E-state index is -0.206. The van der Waals surface area contributed by atoms with Gasteiger partial charge in [-0.2, -0.15) is 0 Å². The third-order valence-electron chi connectivity index (χ3n) is 3.40. The summed E-state index contributed by atoms with van der Waals surface area (Å²) in [6.07, 6.45) is 0. The number of hydrogen-bond acceptors (Lipinski definition) is 4. The van der Waals surface area contributed by atoms with E-state index in [2.05, 4.69) is 5.10 Å². The summed E-state index contributed by atoms with van der Waals surface area (Å²) in [4.78, 5) is 4.84. The van der Waals surface area contributed by atoms with Crippen LogP contribution in [0.3, 0.4) is 0 Å². The largest absolute Gasteiger partial charge is 0.481 e. The molecule has 21 heavy (non-hydrogen) atoms. The Morgan fingerprint density at radius 3 is 2.19 bits per heavy atom. The quantitative estimate of drug-likeness (QED) is 0.847. The van der Waals surface area contributed by atoms with Gasteiger partial charge in [-0.15, -0.1) is 5.10 Å². The number of methoxy groups -OCH3 is 1. The predicted molar refractivity (Wildman–Crippen MR) is 84.4 cm³/mol. The first-order valence-electron chi connectivity index (χ1n) is 6.84. The molecule has 1 aliphatic heterocycles. The van der Waals surface area contributed by atoms with Crippen LogP contribution in [0, 0.1) is 0 Å². The Kier molecular flexibility index (Phi) is 3.69. The van der Waals surface area contributed by atoms with Crippen molar-refractivity contribution in [3.05, 3.63) is 71.8 Å². The van der Waals surface area contributed by atoms with E-state index in [1.807, 2.05) is 67.7 Å². The van der Waals surface area contributed by atoms with Crippen LogP contribution in [-0.2, 0) is 4.74 Å². The molecule has 3 rings (SSSR count). The standard InChI is InChI=1S/C17H17N3O/c1-20-16(14-11-7-4-8-12-14)18-15(17(19-20)21-2)13-9-5-3-6-10-13/h3-12,15H,1-2H3. The molecular weight excluding hydrogens is 262 g/mol. The summed E-state index contributed by atoms with van der Waals surface area (Å²) in [7, 11) is 3.51. The summed E-state index contributed by atoms with van der Waals surface area (Å²) in [5.74, 6) is 1.44. The van der Waals surface area contributed by atoms with Crippen molar-refractivity contribution in [2.24, 2.45) is 10.1 Å². The van der Waals surface area contributed by atoms with Crippen LogP contribution in [0.4, 0.5) is 0 Å². The highest BCUT2D eigenvalue weighted by Gasteiger charge is 2.26. The van der Waals surface area contributed by atoms with Gasteiger partial charge in [0, 0.05) is 12.6 Å². The van der Waals surface area contributed by atoms with Crippen molar-refractivity contribution in [1.29, 1.82) is 0 Å². The van der Waals surface area contributed by atoms with Gasteiger partial charge in [0.25, 0.3) is 0 Å². The van der Waals surface area contributed by atoms with Crippen LogP contribution in [0.2, 0.25) is 0 Å². The highest BCUT2D eigenvalue weighted by atomic mass is 16.5. The molecule has 1 heterocycles. The molecule has 1 unspecified atom stereocenters. The second-order valence-electron chi connectivity index (χ2n) is 4.80. The maximum atomic E-state index is 5.41. The average molecular weight is 279 g/mol. The zero-order valence-corrected chi connectivity index (χ0v) is 12.1. The first kappa shape index (κ1) is 13.4. The molecule has 1 aliphatic rings. The van der Waals surface area contributed by atoms with Gasteiger partial charge in [0.05, 0.1) is 7.11 Å². The summed E-state index contributed by atoms with van der Waals surface area (Å²) in [6.45, 7) is 0. The lowest BCUT2D eigenvalue weighted by molar-refractivity contribution is 0.354. The fourth-order valence-corrected chi connectivity index (χ4v) is 2.36. The smallest absolute Gasteiger partial charge is 0.236 e. The Morgan fingerprint density at radius 1 is 0.952 bits per heavy atom. The Hall–Kier alpha value is -2.62. The van der Waals surface area contributed by atoms with Crippen LogP contribution in [0.15, 0.2) is 70.8 Å². The lowest BCUT2D eigenvalue weighted by Crippen LogP contribution is -2.32. The lowest BCUT2D eigenvalue weighted by Gasteiger charge is -2.26. The molecule has 0 bridgehead atoms. The van der Waals surface area contributed by atoms with E-state index >= 15 is 0 Å². The van der Waals surface area contributed by atoms with Gasteiger partial charge in [-0.3, -0.25) is 0 Å². The summed E-state index contributed by atoms with van der Waals surface area (Å²) in [6, 6.07) is 19.9. The van der Waals surface area contributed by atoms with E-state index in [0.29, 0.717) is 5.90 Å². The fraction of sp³-hybridized carbons (Fsp3) is 0.176. The zero-order valence-electron chi connectivity index (χ0n) is 12.1. The summed E-state index contributed by atoms with van der Waals surface area (Å²) >= 11 is 0. The summed E-state index contributed by atoms with van der Waals surface area (Å²) in [5.41, 5.74) is 2.11. The van der Waals surface area contributed by atoms with Crippen molar-refractivity contribution in [1.82, 2.24) is 5.01 Å². The van der Waals surface area contributed by atoms with Gasteiger partial charge in [0.2, 0.25) is 5.90 Å². The molecule has 0 spiro atoms. The number of nitrogens with zero attached hydrogens (tertiary/aromatic N) is 3. The van der Waals surface area contributed by atoms with E-state index in [1.165, 1.54) is 0 Å². The third-order valence-corrected chi connectivity index (χ3v) is 3.40. The summed E-state index contributed by atoms with van der Waals surface area (Å²) < 4.78 is 5.41. The Balaban J connectivity index is 2.04. The number of hydrogen-bond donors (Lipinski definition) is 0. The molecule has 4 heteroatoms. The second kappa shape index (κ2) is 5.79. The number of benzene rings is 2. The maximum absolute atomic E-state index is 5.41. The van der Waals surface area contributed by atoms with Crippen LogP contribution in [0.1, 0.15) is 17.2 Å². The van der Waals surface area contributed by atoms with E-state index in [1.54, 1.807) is 12.1 Å². The van der Waals surface area contributed by atoms with E-state index in [-0.39, 0.29) is 6.04 Å². The topological polar surface area (TPSA) is 37.2 Å².